The highest BCUT2D eigenvalue weighted by Crippen LogP contribution is 2.20. The van der Waals surface area contributed by atoms with Crippen LogP contribution in [0.3, 0.4) is 0 Å². The average molecular weight is 219 g/mol. The van der Waals surface area contributed by atoms with E-state index in [1.54, 1.807) is 0 Å². The van der Waals surface area contributed by atoms with Gasteiger partial charge in [0.15, 0.2) is 0 Å². The smallest absolute Gasteiger partial charge is 0.0590 e. The second kappa shape index (κ2) is 5.46. The van der Waals surface area contributed by atoms with Gasteiger partial charge in [0.1, 0.15) is 0 Å². The zero-order chi connectivity index (χ0) is 11.4. The van der Waals surface area contributed by atoms with Crippen LogP contribution in [-0.2, 0) is 11.2 Å². The standard InChI is InChI=1S/C14H21NO/c1-11-2-4-12(5-3-11)8-9-16-14-7-6-13(15)10-14/h2-5,13-14H,6-10,15H2,1H3/t13-,14-/m0/s1. The van der Waals surface area contributed by atoms with E-state index in [0.717, 1.165) is 32.3 Å². The number of benzene rings is 1. The number of nitrogens with two attached hydrogens (primary N) is 1. The summed E-state index contributed by atoms with van der Waals surface area (Å²) in [6.45, 7) is 2.93. The summed E-state index contributed by atoms with van der Waals surface area (Å²) >= 11 is 0. The molecule has 1 aromatic carbocycles. The first-order valence-corrected chi connectivity index (χ1v) is 6.17. The third-order valence-electron chi connectivity index (χ3n) is 3.29. The molecule has 0 radical (unpaired) electrons. The van der Waals surface area contributed by atoms with Crippen molar-refractivity contribution in [2.45, 2.75) is 44.8 Å². The van der Waals surface area contributed by atoms with E-state index < -0.39 is 0 Å². The van der Waals surface area contributed by atoms with Crippen LogP contribution in [-0.4, -0.2) is 18.8 Å². The molecule has 1 aliphatic rings. The first-order valence-electron chi connectivity index (χ1n) is 6.17. The molecule has 2 heteroatoms. The van der Waals surface area contributed by atoms with E-state index in [2.05, 4.69) is 31.2 Å². The lowest BCUT2D eigenvalue weighted by molar-refractivity contribution is 0.0598. The Hall–Kier alpha value is -0.860. The van der Waals surface area contributed by atoms with Gasteiger partial charge in [-0.1, -0.05) is 29.8 Å². The monoisotopic (exact) mass is 219 g/mol. The second-order valence-electron chi connectivity index (χ2n) is 4.80. The van der Waals surface area contributed by atoms with Crippen molar-refractivity contribution >= 4 is 0 Å². The quantitative estimate of drug-likeness (QED) is 0.844. The lowest BCUT2D eigenvalue weighted by Crippen LogP contribution is -2.18. The van der Waals surface area contributed by atoms with Crippen LogP contribution in [0, 0.1) is 6.92 Å². The molecule has 88 valence electrons. The predicted molar refractivity (Wildman–Crippen MR) is 66.4 cm³/mol. The third kappa shape index (κ3) is 3.32. The van der Waals surface area contributed by atoms with Gasteiger partial charge in [-0.2, -0.15) is 0 Å². The van der Waals surface area contributed by atoms with Gasteiger partial charge in [0.05, 0.1) is 12.7 Å². The molecule has 0 saturated heterocycles. The van der Waals surface area contributed by atoms with Crippen molar-refractivity contribution in [3.05, 3.63) is 35.4 Å². The Balaban J connectivity index is 1.70. The fourth-order valence-corrected chi connectivity index (χ4v) is 2.22. The lowest BCUT2D eigenvalue weighted by atomic mass is 10.1. The molecule has 16 heavy (non-hydrogen) atoms. The zero-order valence-electron chi connectivity index (χ0n) is 9.99. The van der Waals surface area contributed by atoms with Gasteiger partial charge in [0.25, 0.3) is 0 Å². The Bertz CT molecular complexity index is 320. The summed E-state index contributed by atoms with van der Waals surface area (Å²) in [7, 11) is 0. The Morgan fingerprint density at radius 2 is 2.00 bits per heavy atom. The predicted octanol–water partition coefficient (Wildman–Crippen LogP) is 2.43. The van der Waals surface area contributed by atoms with E-state index in [-0.39, 0.29) is 0 Å². The third-order valence-corrected chi connectivity index (χ3v) is 3.29. The van der Waals surface area contributed by atoms with Crippen LogP contribution in [0.2, 0.25) is 0 Å². The van der Waals surface area contributed by atoms with Crippen LogP contribution in [0.25, 0.3) is 0 Å². The van der Waals surface area contributed by atoms with Gasteiger partial charge in [-0.25, -0.2) is 0 Å². The minimum Gasteiger partial charge on any atom is -0.378 e. The second-order valence-corrected chi connectivity index (χ2v) is 4.80. The molecular weight excluding hydrogens is 198 g/mol. The molecule has 1 aromatic rings. The van der Waals surface area contributed by atoms with E-state index in [1.807, 2.05) is 0 Å². The number of aryl methyl sites for hydroxylation is 1. The Labute approximate surface area is 97.8 Å². The van der Waals surface area contributed by atoms with Crippen LogP contribution in [0.1, 0.15) is 30.4 Å². The highest BCUT2D eigenvalue weighted by atomic mass is 16.5. The van der Waals surface area contributed by atoms with Gasteiger partial charge in [-0.05, 0) is 38.2 Å². The summed E-state index contributed by atoms with van der Waals surface area (Å²) in [5.74, 6) is 0. The molecule has 2 rings (SSSR count). The van der Waals surface area contributed by atoms with Gasteiger partial charge >= 0.3 is 0 Å². The maximum Gasteiger partial charge on any atom is 0.0590 e. The van der Waals surface area contributed by atoms with Crippen molar-refractivity contribution in [1.29, 1.82) is 0 Å². The van der Waals surface area contributed by atoms with Gasteiger partial charge in [0, 0.05) is 6.04 Å². The highest BCUT2D eigenvalue weighted by Gasteiger charge is 2.21. The summed E-state index contributed by atoms with van der Waals surface area (Å²) in [6.07, 6.45) is 4.70. The van der Waals surface area contributed by atoms with Crippen LogP contribution in [0.15, 0.2) is 24.3 Å². The highest BCUT2D eigenvalue weighted by molar-refractivity contribution is 5.21. The number of ether oxygens (including phenoxy) is 1. The molecule has 0 aliphatic heterocycles. The minimum atomic E-state index is 0.365. The van der Waals surface area contributed by atoms with Gasteiger partial charge in [0.2, 0.25) is 0 Å². The lowest BCUT2D eigenvalue weighted by Gasteiger charge is -2.11. The summed E-state index contributed by atoms with van der Waals surface area (Å²) in [6, 6.07) is 9.03. The maximum absolute atomic E-state index is 5.84. The molecular formula is C14H21NO. The largest absolute Gasteiger partial charge is 0.378 e. The molecule has 2 nitrogen and oxygen atoms in total. The van der Waals surface area contributed by atoms with E-state index in [1.165, 1.54) is 11.1 Å². The first-order chi connectivity index (χ1) is 7.74. The molecule has 1 aliphatic carbocycles. The van der Waals surface area contributed by atoms with Crippen LogP contribution < -0.4 is 5.73 Å². The maximum atomic E-state index is 5.84. The molecule has 1 saturated carbocycles. The van der Waals surface area contributed by atoms with E-state index >= 15 is 0 Å². The van der Waals surface area contributed by atoms with Crippen molar-refractivity contribution in [2.75, 3.05) is 6.61 Å². The van der Waals surface area contributed by atoms with Gasteiger partial charge < -0.3 is 10.5 Å². The normalized spacial score (nSPS) is 24.9. The molecule has 0 amide bonds. The fraction of sp³-hybridized carbons (Fsp3) is 0.571. The van der Waals surface area contributed by atoms with Crippen molar-refractivity contribution in [2.24, 2.45) is 5.73 Å². The molecule has 0 unspecified atom stereocenters. The molecule has 2 N–H and O–H groups in total. The van der Waals surface area contributed by atoms with Crippen LogP contribution in [0.5, 0.6) is 0 Å². The van der Waals surface area contributed by atoms with Crippen molar-refractivity contribution < 1.29 is 4.74 Å². The Morgan fingerprint density at radius 3 is 2.62 bits per heavy atom. The van der Waals surface area contributed by atoms with Crippen molar-refractivity contribution in [3.63, 3.8) is 0 Å². The zero-order valence-corrected chi connectivity index (χ0v) is 9.99. The number of rotatable bonds is 4. The molecule has 0 spiro atoms. The fourth-order valence-electron chi connectivity index (χ4n) is 2.22. The summed E-state index contributed by atoms with van der Waals surface area (Å²) in [5, 5.41) is 0. The molecule has 0 aromatic heterocycles. The van der Waals surface area contributed by atoms with Crippen molar-refractivity contribution in [1.82, 2.24) is 0 Å². The average Bonchev–Trinajstić information content (AvgIpc) is 2.67. The summed E-state index contributed by atoms with van der Waals surface area (Å²) < 4.78 is 5.83. The molecule has 0 bridgehead atoms. The van der Waals surface area contributed by atoms with Crippen molar-refractivity contribution in [3.8, 4) is 0 Å². The van der Waals surface area contributed by atoms with Crippen LogP contribution >= 0.6 is 0 Å². The van der Waals surface area contributed by atoms with Gasteiger partial charge in [-0.15, -0.1) is 0 Å². The number of hydrogen-bond acceptors (Lipinski definition) is 2. The van der Waals surface area contributed by atoms with E-state index in [9.17, 15) is 0 Å². The number of hydrogen-bond donors (Lipinski definition) is 1. The molecule has 0 heterocycles. The van der Waals surface area contributed by atoms with E-state index in [0.29, 0.717) is 12.1 Å². The minimum absolute atomic E-state index is 0.365. The Kier molecular flexibility index (Phi) is 3.97. The SMILES string of the molecule is Cc1ccc(CCO[C@H]2CC[C@H](N)C2)cc1. The Morgan fingerprint density at radius 1 is 1.25 bits per heavy atom. The van der Waals surface area contributed by atoms with E-state index in [4.69, 9.17) is 10.5 Å². The van der Waals surface area contributed by atoms with Crippen LogP contribution in [0.4, 0.5) is 0 Å². The first kappa shape index (κ1) is 11.6. The summed E-state index contributed by atoms with van der Waals surface area (Å²) in [5.41, 5.74) is 8.51. The molecule has 1 fully saturated rings. The topological polar surface area (TPSA) is 35.2 Å². The van der Waals surface area contributed by atoms with Gasteiger partial charge in [-0.3, -0.25) is 0 Å². The molecule has 2 atom stereocenters. The summed E-state index contributed by atoms with van der Waals surface area (Å²) in [4.78, 5) is 0.